The number of carbonyl (C=O) groups excluding carboxylic acids is 1. The van der Waals surface area contributed by atoms with Crippen molar-refractivity contribution in [2.24, 2.45) is 0 Å². The Morgan fingerprint density at radius 3 is 2.63 bits per heavy atom. The monoisotopic (exact) mass is 277 g/mol. The van der Waals surface area contributed by atoms with Crippen LogP contribution in [0.2, 0.25) is 0 Å². The highest BCUT2D eigenvalue weighted by atomic mass is 32.1. The highest BCUT2D eigenvalue weighted by Gasteiger charge is 2.13. The molecule has 0 fully saturated rings. The van der Waals surface area contributed by atoms with Crippen molar-refractivity contribution in [1.82, 2.24) is 10.3 Å². The van der Waals surface area contributed by atoms with Crippen LogP contribution in [-0.2, 0) is 0 Å². The van der Waals surface area contributed by atoms with Gasteiger partial charge in [-0.2, -0.15) is 0 Å². The molecule has 1 aromatic heterocycles. The van der Waals surface area contributed by atoms with Crippen LogP contribution in [0.4, 0.5) is 5.13 Å². The van der Waals surface area contributed by atoms with Crippen molar-refractivity contribution in [2.75, 3.05) is 12.8 Å². The molecule has 1 heterocycles. The number of nitrogens with two attached hydrogens (primary N) is 1. The molecular weight excluding hydrogens is 262 g/mol. The van der Waals surface area contributed by atoms with Gasteiger partial charge in [-0.15, -0.1) is 11.3 Å². The predicted molar refractivity (Wildman–Crippen MR) is 75.4 cm³/mol. The number of carbonyl (C=O) groups is 1. The van der Waals surface area contributed by atoms with Gasteiger partial charge in [0.25, 0.3) is 5.91 Å². The van der Waals surface area contributed by atoms with Crippen molar-refractivity contribution >= 4 is 22.4 Å². The molecule has 1 amide bonds. The van der Waals surface area contributed by atoms with E-state index in [9.17, 15) is 4.79 Å². The summed E-state index contributed by atoms with van der Waals surface area (Å²) in [5, 5.41) is 4.91. The van der Waals surface area contributed by atoms with Crippen LogP contribution in [0.15, 0.2) is 29.6 Å². The number of hydrogen-bond donors (Lipinski definition) is 2. The Bertz CT molecular complexity index is 566. The van der Waals surface area contributed by atoms with Gasteiger partial charge in [0, 0.05) is 5.38 Å². The molecule has 5 nitrogen and oxygen atoms in total. The maximum absolute atomic E-state index is 11.9. The smallest absolute Gasteiger partial charge is 0.271 e. The van der Waals surface area contributed by atoms with Crippen LogP contribution in [-0.4, -0.2) is 18.0 Å². The van der Waals surface area contributed by atoms with Crippen molar-refractivity contribution in [2.45, 2.75) is 13.0 Å². The standard InChI is InChI=1S/C13H15N3O2S/c1-8(9-3-5-10(18-2)6-4-9)15-12(17)11-7-19-13(14)16-11/h3-8H,1-2H3,(H2,14,16)(H,15,17). The van der Waals surface area contributed by atoms with Crippen molar-refractivity contribution < 1.29 is 9.53 Å². The molecule has 3 N–H and O–H groups in total. The van der Waals surface area contributed by atoms with Crippen LogP contribution < -0.4 is 15.8 Å². The molecule has 0 aliphatic carbocycles. The molecule has 1 atom stereocenters. The maximum atomic E-state index is 11.9. The highest BCUT2D eigenvalue weighted by molar-refractivity contribution is 7.13. The van der Waals surface area contributed by atoms with Crippen molar-refractivity contribution in [3.8, 4) is 5.75 Å². The summed E-state index contributed by atoms with van der Waals surface area (Å²) >= 11 is 1.25. The molecule has 2 aromatic rings. The van der Waals surface area contributed by atoms with E-state index < -0.39 is 0 Å². The largest absolute Gasteiger partial charge is 0.497 e. The molecule has 0 saturated carbocycles. The van der Waals surface area contributed by atoms with E-state index in [-0.39, 0.29) is 11.9 Å². The van der Waals surface area contributed by atoms with Gasteiger partial charge in [0.05, 0.1) is 13.2 Å². The summed E-state index contributed by atoms with van der Waals surface area (Å²) in [7, 11) is 1.62. The zero-order chi connectivity index (χ0) is 13.8. The number of ether oxygens (including phenoxy) is 1. The predicted octanol–water partition coefficient (Wildman–Crippen LogP) is 2.22. The Balaban J connectivity index is 2.03. The third-order valence-corrected chi connectivity index (χ3v) is 3.39. The van der Waals surface area contributed by atoms with Crippen LogP contribution >= 0.6 is 11.3 Å². The zero-order valence-corrected chi connectivity index (χ0v) is 11.5. The molecular formula is C13H15N3O2S. The summed E-state index contributed by atoms with van der Waals surface area (Å²) in [5.74, 6) is 0.561. The Morgan fingerprint density at radius 1 is 1.42 bits per heavy atom. The number of hydrogen-bond acceptors (Lipinski definition) is 5. The number of nitrogens with one attached hydrogen (secondary N) is 1. The lowest BCUT2D eigenvalue weighted by Gasteiger charge is -2.13. The minimum atomic E-state index is -0.226. The third kappa shape index (κ3) is 3.23. The number of anilines is 1. The van der Waals surface area contributed by atoms with Gasteiger partial charge < -0.3 is 15.8 Å². The molecule has 0 bridgehead atoms. The number of benzene rings is 1. The Kier molecular flexibility index (Phi) is 4.01. The lowest BCUT2D eigenvalue weighted by Crippen LogP contribution is -2.26. The molecule has 2 rings (SSSR count). The van der Waals surface area contributed by atoms with Crippen LogP contribution in [0.1, 0.15) is 29.0 Å². The van der Waals surface area contributed by atoms with Gasteiger partial charge in [-0.3, -0.25) is 4.79 Å². The van der Waals surface area contributed by atoms with E-state index in [1.807, 2.05) is 31.2 Å². The van der Waals surface area contributed by atoms with Crippen LogP contribution in [0.5, 0.6) is 5.75 Å². The number of amides is 1. The molecule has 0 radical (unpaired) electrons. The van der Waals surface area contributed by atoms with E-state index in [0.29, 0.717) is 10.8 Å². The first kappa shape index (κ1) is 13.4. The molecule has 19 heavy (non-hydrogen) atoms. The second-order valence-electron chi connectivity index (χ2n) is 4.04. The first-order valence-corrected chi connectivity index (χ1v) is 6.64. The van der Waals surface area contributed by atoms with Gasteiger partial charge in [-0.1, -0.05) is 12.1 Å². The first-order chi connectivity index (χ1) is 9.10. The fourth-order valence-corrected chi connectivity index (χ4v) is 2.18. The van der Waals surface area contributed by atoms with Crippen LogP contribution in [0.25, 0.3) is 0 Å². The Labute approximate surface area is 115 Å². The summed E-state index contributed by atoms with van der Waals surface area (Å²) in [6, 6.07) is 7.44. The van der Waals surface area contributed by atoms with E-state index in [1.54, 1.807) is 12.5 Å². The minimum Gasteiger partial charge on any atom is -0.497 e. The number of methoxy groups -OCH3 is 1. The van der Waals surface area contributed by atoms with Crippen LogP contribution in [0, 0.1) is 0 Å². The van der Waals surface area contributed by atoms with Gasteiger partial charge in [0.2, 0.25) is 0 Å². The van der Waals surface area contributed by atoms with Crippen molar-refractivity contribution in [1.29, 1.82) is 0 Å². The van der Waals surface area contributed by atoms with Crippen LogP contribution in [0.3, 0.4) is 0 Å². The van der Waals surface area contributed by atoms with Gasteiger partial charge in [-0.25, -0.2) is 4.98 Å². The Morgan fingerprint density at radius 2 is 2.11 bits per heavy atom. The van der Waals surface area contributed by atoms with Gasteiger partial charge in [0.1, 0.15) is 11.4 Å². The minimum absolute atomic E-state index is 0.110. The van der Waals surface area contributed by atoms with E-state index >= 15 is 0 Å². The van der Waals surface area contributed by atoms with E-state index in [2.05, 4.69) is 10.3 Å². The molecule has 0 saturated heterocycles. The number of nitrogen functional groups attached to an aromatic ring is 1. The molecule has 100 valence electrons. The zero-order valence-electron chi connectivity index (χ0n) is 10.7. The number of rotatable bonds is 4. The maximum Gasteiger partial charge on any atom is 0.271 e. The molecule has 1 unspecified atom stereocenters. The highest BCUT2D eigenvalue weighted by Crippen LogP contribution is 2.18. The van der Waals surface area contributed by atoms with Gasteiger partial charge >= 0.3 is 0 Å². The number of thiazole rings is 1. The summed E-state index contributed by atoms with van der Waals surface area (Å²) in [6.45, 7) is 1.91. The normalized spacial score (nSPS) is 11.9. The third-order valence-electron chi connectivity index (χ3n) is 2.72. The lowest BCUT2D eigenvalue weighted by atomic mass is 10.1. The van der Waals surface area contributed by atoms with E-state index in [4.69, 9.17) is 10.5 Å². The van der Waals surface area contributed by atoms with Crippen molar-refractivity contribution in [3.63, 3.8) is 0 Å². The molecule has 6 heteroatoms. The second-order valence-corrected chi connectivity index (χ2v) is 4.93. The van der Waals surface area contributed by atoms with Gasteiger partial charge in [-0.05, 0) is 24.6 Å². The van der Waals surface area contributed by atoms with Crippen molar-refractivity contribution in [3.05, 3.63) is 40.9 Å². The molecule has 0 aliphatic rings. The molecule has 0 spiro atoms. The summed E-state index contributed by atoms with van der Waals surface area (Å²) in [5.41, 5.74) is 6.85. The topological polar surface area (TPSA) is 77.2 Å². The average molecular weight is 277 g/mol. The van der Waals surface area contributed by atoms with E-state index in [0.717, 1.165) is 11.3 Å². The second kappa shape index (κ2) is 5.71. The summed E-state index contributed by atoms with van der Waals surface area (Å²) in [4.78, 5) is 15.9. The SMILES string of the molecule is COc1ccc(C(C)NC(=O)c2csc(N)n2)cc1. The average Bonchev–Trinajstić information content (AvgIpc) is 2.85. The number of nitrogens with zero attached hydrogens (tertiary/aromatic N) is 1. The fourth-order valence-electron chi connectivity index (χ4n) is 1.64. The fraction of sp³-hybridized carbons (Fsp3) is 0.231. The molecule has 0 aliphatic heterocycles. The summed E-state index contributed by atoms with van der Waals surface area (Å²) in [6.07, 6.45) is 0. The van der Waals surface area contributed by atoms with Gasteiger partial charge in [0.15, 0.2) is 5.13 Å². The quantitative estimate of drug-likeness (QED) is 0.898. The molecule has 1 aromatic carbocycles. The lowest BCUT2D eigenvalue weighted by molar-refractivity contribution is 0.0935. The van der Waals surface area contributed by atoms with E-state index in [1.165, 1.54) is 11.3 Å². The summed E-state index contributed by atoms with van der Waals surface area (Å²) < 4.78 is 5.09. The Hall–Kier alpha value is -2.08. The first-order valence-electron chi connectivity index (χ1n) is 5.76. The number of aromatic nitrogens is 1.